The van der Waals surface area contributed by atoms with Gasteiger partial charge in [-0.3, -0.25) is 10.1 Å². The average Bonchev–Trinajstić information content (AvgIpc) is 3.34. The van der Waals surface area contributed by atoms with Crippen LogP contribution in [0.1, 0.15) is 16.6 Å². The number of nitrogens with one attached hydrogen (secondary N) is 1. The number of fused-ring (bicyclic) bond motifs is 1. The number of furan rings is 1. The van der Waals surface area contributed by atoms with Crippen molar-refractivity contribution in [2.45, 2.75) is 6.92 Å². The highest BCUT2D eigenvalue weighted by atomic mass is 79.9. The molecule has 1 aromatic carbocycles. The summed E-state index contributed by atoms with van der Waals surface area (Å²) in [6, 6.07) is 10.9. The molecule has 0 saturated carbocycles. The van der Waals surface area contributed by atoms with Gasteiger partial charge in [0.1, 0.15) is 0 Å². The van der Waals surface area contributed by atoms with E-state index in [-0.39, 0.29) is 17.8 Å². The smallest absolute Gasteiger partial charge is 0.322 e. The summed E-state index contributed by atoms with van der Waals surface area (Å²) in [4.78, 5) is 12.7. The number of nitrogens with zero attached hydrogens (tertiary/aromatic N) is 2. The van der Waals surface area contributed by atoms with E-state index in [2.05, 4.69) is 31.4 Å². The molecule has 0 unspecified atom stereocenters. The molecule has 0 spiro atoms. The highest BCUT2D eigenvalue weighted by Gasteiger charge is 2.18. The van der Waals surface area contributed by atoms with Gasteiger partial charge in [0, 0.05) is 5.39 Å². The average molecular weight is 434 g/mol. The van der Waals surface area contributed by atoms with Gasteiger partial charge < -0.3 is 13.6 Å². The van der Waals surface area contributed by atoms with Gasteiger partial charge in [-0.05, 0) is 47.1 Å². The number of para-hydroxylation sites is 1. The van der Waals surface area contributed by atoms with E-state index in [1.165, 1.54) is 11.3 Å². The lowest BCUT2D eigenvalue weighted by atomic mass is 10.2. The van der Waals surface area contributed by atoms with Crippen molar-refractivity contribution in [1.82, 2.24) is 10.2 Å². The quantitative estimate of drug-likeness (QED) is 0.478. The summed E-state index contributed by atoms with van der Waals surface area (Å²) < 4.78 is 17.7. The zero-order valence-electron chi connectivity index (χ0n) is 13.5. The number of carbonyl (C=O) groups excluding carboxylic acids is 1. The van der Waals surface area contributed by atoms with E-state index < -0.39 is 0 Å². The highest BCUT2D eigenvalue weighted by molar-refractivity contribution is 9.11. The maximum atomic E-state index is 12.1. The summed E-state index contributed by atoms with van der Waals surface area (Å²) in [7, 11) is 0. The van der Waals surface area contributed by atoms with Gasteiger partial charge in [0.05, 0.1) is 15.3 Å². The summed E-state index contributed by atoms with van der Waals surface area (Å²) in [5.41, 5.74) is 0.608. The molecular weight excluding hydrogens is 422 g/mol. The van der Waals surface area contributed by atoms with Crippen LogP contribution in [0, 0.1) is 0 Å². The molecule has 0 aliphatic carbocycles. The summed E-state index contributed by atoms with van der Waals surface area (Å²) >= 11 is 4.63. The molecule has 9 heteroatoms. The van der Waals surface area contributed by atoms with Crippen LogP contribution >= 0.6 is 27.3 Å². The Kier molecular flexibility index (Phi) is 4.48. The number of carbonyl (C=O) groups is 1. The minimum atomic E-state index is -0.320. The Bertz CT molecular complexity index is 1080. The van der Waals surface area contributed by atoms with Gasteiger partial charge in [0.25, 0.3) is 11.8 Å². The molecular formula is C17H12BrN3O4S. The molecule has 1 N–H and O–H groups in total. The van der Waals surface area contributed by atoms with E-state index in [1.54, 1.807) is 18.2 Å². The van der Waals surface area contributed by atoms with Gasteiger partial charge in [-0.1, -0.05) is 17.2 Å². The second kappa shape index (κ2) is 6.93. The molecule has 4 rings (SSSR count). The highest BCUT2D eigenvalue weighted by Crippen LogP contribution is 2.33. The molecule has 0 saturated heterocycles. The van der Waals surface area contributed by atoms with Crippen LogP contribution < -0.4 is 10.1 Å². The summed E-state index contributed by atoms with van der Waals surface area (Å²) in [5.74, 6) is 0.900. The first kappa shape index (κ1) is 16.8. The Labute approximate surface area is 160 Å². The molecule has 26 heavy (non-hydrogen) atoms. The number of thiophene rings is 1. The van der Waals surface area contributed by atoms with Gasteiger partial charge in [0.2, 0.25) is 0 Å². The predicted molar refractivity (Wildman–Crippen MR) is 101 cm³/mol. The van der Waals surface area contributed by atoms with Crippen LogP contribution in [0.4, 0.5) is 6.01 Å². The van der Waals surface area contributed by atoms with Crippen molar-refractivity contribution in [3.05, 3.63) is 45.1 Å². The van der Waals surface area contributed by atoms with Crippen molar-refractivity contribution in [1.29, 1.82) is 0 Å². The number of hydrogen-bond donors (Lipinski definition) is 1. The van der Waals surface area contributed by atoms with E-state index in [0.717, 1.165) is 9.17 Å². The van der Waals surface area contributed by atoms with Crippen LogP contribution in [0.5, 0.6) is 5.75 Å². The molecule has 7 nitrogen and oxygen atoms in total. The van der Waals surface area contributed by atoms with Crippen molar-refractivity contribution in [2.24, 2.45) is 0 Å². The monoisotopic (exact) mass is 433 g/mol. The van der Waals surface area contributed by atoms with Crippen LogP contribution in [0.15, 0.2) is 49.0 Å². The fraction of sp³-hybridized carbons (Fsp3) is 0.118. The molecule has 0 aliphatic heterocycles. The van der Waals surface area contributed by atoms with Gasteiger partial charge >= 0.3 is 6.01 Å². The Hall–Kier alpha value is -2.65. The van der Waals surface area contributed by atoms with E-state index in [9.17, 15) is 4.79 Å². The van der Waals surface area contributed by atoms with Crippen molar-refractivity contribution < 1.29 is 18.4 Å². The third kappa shape index (κ3) is 3.23. The van der Waals surface area contributed by atoms with Crippen molar-refractivity contribution in [3.63, 3.8) is 0 Å². The van der Waals surface area contributed by atoms with Crippen LogP contribution in [-0.2, 0) is 0 Å². The number of hydrogen-bond acceptors (Lipinski definition) is 7. The molecule has 1 amide bonds. The number of anilines is 1. The second-order valence-electron chi connectivity index (χ2n) is 5.19. The molecule has 0 aliphatic rings. The third-order valence-electron chi connectivity index (χ3n) is 3.46. The zero-order valence-corrected chi connectivity index (χ0v) is 15.9. The van der Waals surface area contributed by atoms with Crippen LogP contribution in [0.3, 0.4) is 0 Å². The van der Waals surface area contributed by atoms with Crippen LogP contribution in [0.25, 0.3) is 22.6 Å². The summed E-state index contributed by atoms with van der Waals surface area (Å²) in [6.07, 6.45) is 0. The third-order valence-corrected chi connectivity index (χ3v) is 5.08. The molecule has 0 bridgehead atoms. The van der Waals surface area contributed by atoms with Crippen LogP contribution in [-0.4, -0.2) is 22.7 Å². The maximum absolute atomic E-state index is 12.1. The first-order valence-electron chi connectivity index (χ1n) is 7.70. The lowest BCUT2D eigenvalue weighted by Crippen LogP contribution is -2.10. The lowest BCUT2D eigenvalue weighted by molar-refractivity contribution is 0.102. The van der Waals surface area contributed by atoms with E-state index >= 15 is 0 Å². The number of aromatic nitrogens is 2. The maximum Gasteiger partial charge on any atom is 0.322 e. The molecule has 0 radical (unpaired) electrons. The minimum Gasteiger partial charge on any atom is -0.490 e. The molecule has 0 fully saturated rings. The van der Waals surface area contributed by atoms with Gasteiger partial charge in [0.15, 0.2) is 17.1 Å². The number of halogens is 1. The van der Waals surface area contributed by atoms with Gasteiger partial charge in [-0.25, -0.2) is 0 Å². The standard InChI is InChI=1S/C17H12BrN3O4S/c1-2-23-10-5-3-4-9-8-11(24-14(9)10)16-20-21-17(25-16)19-15(22)12-6-7-13(18)26-12/h3-8H,2H2,1H3,(H,19,21,22). The van der Waals surface area contributed by atoms with Gasteiger partial charge in [-0.15, -0.1) is 16.4 Å². The first-order valence-corrected chi connectivity index (χ1v) is 9.31. The zero-order chi connectivity index (χ0) is 18.1. The number of rotatable bonds is 5. The SMILES string of the molecule is CCOc1cccc2cc(-c3nnc(NC(=O)c4ccc(Br)s4)o3)oc12. The molecule has 3 aromatic heterocycles. The number of benzene rings is 1. The van der Waals surface area contributed by atoms with Crippen molar-refractivity contribution >= 4 is 50.2 Å². The summed E-state index contributed by atoms with van der Waals surface area (Å²) in [5, 5.41) is 11.2. The molecule has 132 valence electrons. The van der Waals surface area contributed by atoms with E-state index in [1.807, 2.05) is 25.1 Å². The first-order chi connectivity index (χ1) is 12.6. The summed E-state index contributed by atoms with van der Waals surface area (Å²) in [6.45, 7) is 2.44. The fourth-order valence-corrected chi connectivity index (χ4v) is 3.66. The van der Waals surface area contributed by atoms with E-state index in [0.29, 0.717) is 28.6 Å². The Morgan fingerprint density at radius 1 is 1.27 bits per heavy atom. The second-order valence-corrected chi connectivity index (χ2v) is 7.65. The molecule has 0 atom stereocenters. The fourth-order valence-electron chi connectivity index (χ4n) is 2.38. The minimum absolute atomic E-state index is 0.00000947. The lowest BCUT2D eigenvalue weighted by Gasteiger charge is -2.01. The number of ether oxygens (including phenoxy) is 1. The van der Waals surface area contributed by atoms with E-state index in [4.69, 9.17) is 13.6 Å². The molecule has 4 aromatic rings. The van der Waals surface area contributed by atoms with Crippen molar-refractivity contribution in [3.8, 4) is 17.4 Å². The van der Waals surface area contributed by atoms with Crippen molar-refractivity contribution in [2.75, 3.05) is 11.9 Å². The topological polar surface area (TPSA) is 90.4 Å². The number of amides is 1. The Morgan fingerprint density at radius 3 is 2.92 bits per heavy atom. The Balaban J connectivity index is 1.59. The molecule has 3 heterocycles. The largest absolute Gasteiger partial charge is 0.490 e. The predicted octanol–water partition coefficient (Wildman–Crippen LogP) is 4.96. The Morgan fingerprint density at radius 2 is 2.15 bits per heavy atom. The van der Waals surface area contributed by atoms with Gasteiger partial charge in [-0.2, -0.15) is 0 Å². The normalized spacial score (nSPS) is 11.0. The van der Waals surface area contributed by atoms with Crippen LogP contribution in [0.2, 0.25) is 0 Å².